The second-order valence-electron chi connectivity index (χ2n) is 6.35. The molecule has 114 valence electrons. The summed E-state index contributed by atoms with van der Waals surface area (Å²) in [6.45, 7) is 4.53. The summed E-state index contributed by atoms with van der Waals surface area (Å²) in [4.78, 5) is 23.2. The van der Waals surface area contributed by atoms with E-state index in [4.69, 9.17) is 0 Å². The molecule has 2 aliphatic rings. The minimum absolute atomic E-state index is 0.267. The maximum Gasteiger partial charge on any atom is 0.226 e. The van der Waals surface area contributed by atoms with Crippen molar-refractivity contribution in [2.24, 2.45) is 11.8 Å². The van der Waals surface area contributed by atoms with Crippen LogP contribution < -0.4 is 0 Å². The van der Waals surface area contributed by atoms with Crippen LogP contribution >= 0.6 is 0 Å². The molecule has 0 spiro atoms. The van der Waals surface area contributed by atoms with E-state index in [2.05, 4.69) is 27.5 Å². The highest BCUT2D eigenvalue weighted by molar-refractivity contribution is 5.81. The maximum atomic E-state index is 12.4. The summed E-state index contributed by atoms with van der Waals surface area (Å²) in [6.07, 6.45) is 7.45. The maximum absolute atomic E-state index is 12.4. The predicted molar refractivity (Wildman–Crippen MR) is 83.0 cm³/mol. The zero-order chi connectivity index (χ0) is 15.1. The third-order valence-corrected chi connectivity index (χ3v) is 4.83. The van der Waals surface area contributed by atoms with Crippen molar-refractivity contribution in [3.05, 3.63) is 36.5 Å². The van der Waals surface area contributed by atoms with Crippen molar-refractivity contribution in [3.8, 4) is 11.3 Å². The Hall–Kier alpha value is -2.17. The van der Waals surface area contributed by atoms with Crippen molar-refractivity contribution in [3.63, 3.8) is 0 Å². The van der Waals surface area contributed by atoms with E-state index in [1.165, 1.54) is 0 Å². The van der Waals surface area contributed by atoms with Crippen LogP contribution in [0.2, 0.25) is 0 Å². The predicted octanol–water partition coefficient (Wildman–Crippen LogP) is 1.99. The van der Waals surface area contributed by atoms with Crippen molar-refractivity contribution in [2.45, 2.75) is 26.3 Å². The Morgan fingerprint density at radius 3 is 2.86 bits per heavy atom. The van der Waals surface area contributed by atoms with Crippen molar-refractivity contribution in [2.75, 3.05) is 13.1 Å². The minimum Gasteiger partial charge on any atom is -0.340 e. The van der Waals surface area contributed by atoms with Gasteiger partial charge in [-0.15, -0.1) is 0 Å². The van der Waals surface area contributed by atoms with E-state index in [9.17, 15) is 4.79 Å². The molecule has 1 amide bonds. The molecule has 2 aromatic heterocycles. The molecule has 0 aromatic carbocycles. The summed E-state index contributed by atoms with van der Waals surface area (Å²) in [7, 11) is 0. The molecule has 1 saturated carbocycles. The van der Waals surface area contributed by atoms with Gasteiger partial charge in [-0.3, -0.25) is 9.78 Å². The van der Waals surface area contributed by atoms with Crippen LogP contribution in [0.25, 0.3) is 11.3 Å². The fourth-order valence-corrected chi connectivity index (χ4v) is 3.30. The van der Waals surface area contributed by atoms with Crippen LogP contribution in [-0.4, -0.2) is 38.4 Å². The lowest BCUT2D eigenvalue weighted by Gasteiger charge is -2.20. The SMILES string of the molecule is C[C@H]1C[C@@H]1C(=O)N1CCc2ncc(-c3cccnc3)n2CC1. The Labute approximate surface area is 130 Å². The van der Waals surface area contributed by atoms with E-state index in [1.807, 2.05) is 23.4 Å². The normalized spacial score (nSPS) is 23.8. The highest BCUT2D eigenvalue weighted by Gasteiger charge is 2.41. The Morgan fingerprint density at radius 1 is 1.27 bits per heavy atom. The van der Waals surface area contributed by atoms with E-state index in [0.29, 0.717) is 11.8 Å². The van der Waals surface area contributed by atoms with Crippen molar-refractivity contribution in [1.29, 1.82) is 0 Å². The fourth-order valence-electron chi connectivity index (χ4n) is 3.30. The first kappa shape index (κ1) is 13.5. The van der Waals surface area contributed by atoms with Crippen LogP contribution in [0.5, 0.6) is 0 Å². The van der Waals surface area contributed by atoms with Gasteiger partial charge in [0.25, 0.3) is 0 Å². The molecule has 1 aliphatic carbocycles. The molecule has 4 rings (SSSR count). The lowest BCUT2D eigenvalue weighted by molar-refractivity contribution is -0.132. The lowest BCUT2D eigenvalue weighted by Crippen LogP contribution is -2.35. The number of rotatable bonds is 2. The van der Waals surface area contributed by atoms with Gasteiger partial charge in [-0.05, 0) is 24.5 Å². The van der Waals surface area contributed by atoms with Gasteiger partial charge in [0.15, 0.2) is 0 Å². The first-order valence-electron chi connectivity index (χ1n) is 7.97. The zero-order valence-electron chi connectivity index (χ0n) is 12.8. The van der Waals surface area contributed by atoms with E-state index < -0.39 is 0 Å². The molecule has 0 unspecified atom stereocenters. The average Bonchev–Trinajstić information content (AvgIpc) is 3.21. The number of hydrogen-bond acceptors (Lipinski definition) is 3. The number of carbonyl (C=O) groups excluding carboxylic acids is 1. The van der Waals surface area contributed by atoms with Crippen LogP contribution in [0.15, 0.2) is 30.7 Å². The van der Waals surface area contributed by atoms with Gasteiger partial charge in [0.2, 0.25) is 5.91 Å². The van der Waals surface area contributed by atoms with E-state index in [-0.39, 0.29) is 5.92 Å². The molecule has 3 heterocycles. The standard InChI is InChI=1S/C17H20N4O/c1-12-9-14(12)17(22)20-6-4-16-19-11-15(21(16)8-7-20)13-3-2-5-18-10-13/h2-3,5,10-12,14H,4,6-9H2,1H3/t12-,14-/m0/s1. The van der Waals surface area contributed by atoms with Gasteiger partial charge < -0.3 is 9.47 Å². The lowest BCUT2D eigenvalue weighted by atomic mass is 10.2. The monoisotopic (exact) mass is 296 g/mol. The molecule has 2 aromatic rings. The number of amides is 1. The van der Waals surface area contributed by atoms with Gasteiger partial charge >= 0.3 is 0 Å². The second-order valence-corrected chi connectivity index (χ2v) is 6.35. The third kappa shape index (κ3) is 2.30. The van der Waals surface area contributed by atoms with E-state index in [1.54, 1.807) is 6.20 Å². The first-order chi connectivity index (χ1) is 10.7. The largest absolute Gasteiger partial charge is 0.340 e. The quantitative estimate of drug-likeness (QED) is 0.851. The van der Waals surface area contributed by atoms with Crippen molar-refractivity contribution < 1.29 is 4.79 Å². The summed E-state index contributed by atoms with van der Waals surface area (Å²) in [5.41, 5.74) is 2.18. The van der Waals surface area contributed by atoms with Crippen molar-refractivity contribution >= 4 is 5.91 Å². The van der Waals surface area contributed by atoms with Gasteiger partial charge in [0.1, 0.15) is 5.82 Å². The second kappa shape index (κ2) is 5.23. The Morgan fingerprint density at radius 2 is 2.14 bits per heavy atom. The van der Waals surface area contributed by atoms with Crippen LogP contribution in [0, 0.1) is 11.8 Å². The van der Waals surface area contributed by atoms with Crippen LogP contribution in [-0.2, 0) is 17.8 Å². The fraction of sp³-hybridized carbons (Fsp3) is 0.471. The highest BCUT2D eigenvalue weighted by atomic mass is 16.2. The smallest absolute Gasteiger partial charge is 0.226 e. The molecule has 0 radical (unpaired) electrons. The number of carbonyl (C=O) groups is 1. The number of nitrogens with zero attached hydrogens (tertiary/aromatic N) is 4. The molecule has 5 nitrogen and oxygen atoms in total. The highest BCUT2D eigenvalue weighted by Crippen LogP contribution is 2.39. The van der Waals surface area contributed by atoms with Gasteiger partial charge in [0, 0.05) is 49.9 Å². The van der Waals surface area contributed by atoms with E-state index >= 15 is 0 Å². The summed E-state index contributed by atoms with van der Waals surface area (Å²) >= 11 is 0. The van der Waals surface area contributed by atoms with Crippen molar-refractivity contribution in [1.82, 2.24) is 19.4 Å². The van der Waals surface area contributed by atoms with Crippen LogP contribution in [0.4, 0.5) is 0 Å². The molecule has 0 saturated heterocycles. The molecular weight excluding hydrogens is 276 g/mol. The number of pyridine rings is 1. The molecular formula is C17H20N4O. The summed E-state index contributed by atoms with van der Waals surface area (Å²) < 4.78 is 2.24. The van der Waals surface area contributed by atoms with Gasteiger partial charge in [0.05, 0.1) is 11.9 Å². The Kier molecular flexibility index (Phi) is 3.21. The summed E-state index contributed by atoms with van der Waals surface area (Å²) in [5.74, 6) is 2.24. The molecule has 1 aliphatic heterocycles. The third-order valence-electron chi connectivity index (χ3n) is 4.83. The van der Waals surface area contributed by atoms with Crippen LogP contribution in [0.1, 0.15) is 19.2 Å². The number of aromatic nitrogens is 3. The molecule has 0 bridgehead atoms. The first-order valence-corrected chi connectivity index (χ1v) is 7.97. The van der Waals surface area contributed by atoms with Gasteiger partial charge in [-0.1, -0.05) is 6.92 Å². The topological polar surface area (TPSA) is 51.0 Å². The molecule has 0 N–H and O–H groups in total. The average molecular weight is 296 g/mol. The number of hydrogen-bond donors (Lipinski definition) is 0. The van der Waals surface area contributed by atoms with Gasteiger partial charge in [-0.25, -0.2) is 4.98 Å². The summed E-state index contributed by atoms with van der Waals surface area (Å²) in [6, 6.07) is 3.99. The number of imidazole rings is 1. The minimum atomic E-state index is 0.267. The summed E-state index contributed by atoms with van der Waals surface area (Å²) in [5, 5.41) is 0. The molecule has 22 heavy (non-hydrogen) atoms. The Balaban J connectivity index is 1.55. The molecule has 1 fully saturated rings. The van der Waals surface area contributed by atoms with E-state index in [0.717, 1.165) is 49.6 Å². The zero-order valence-corrected chi connectivity index (χ0v) is 12.8. The Bertz CT molecular complexity index is 694. The number of fused-ring (bicyclic) bond motifs is 1. The van der Waals surface area contributed by atoms with Gasteiger partial charge in [-0.2, -0.15) is 0 Å². The molecule has 2 atom stereocenters. The molecule has 5 heteroatoms. The van der Waals surface area contributed by atoms with Crippen LogP contribution in [0.3, 0.4) is 0 Å².